The first-order valence-electron chi connectivity index (χ1n) is 7.32. The van der Waals surface area contributed by atoms with Crippen molar-refractivity contribution in [3.8, 4) is 0 Å². The third-order valence-corrected chi connectivity index (χ3v) is 4.57. The highest BCUT2D eigenvalue weighted by atomic mass is 19.1. The summed E-state index contributed by atoms with van der Waals surface area (Å²) in [6.45, 7) is 5.91. The minimum absolute atomic E-state index is 0.0843. The number of hydrogen-bond donors (Lipinski definition) is 1. The number of ether oxygens (including phenoxy) is 2. The van der Waals surface area contributed by atoms with Crippen LogP contribution in [-0.2, 0) is 9.47 Å². The van der Waals surface area contributed by atoms with Gasteiger partial charge >= 0.3 is 0 Å². The molecule has 1 fully saturated rings. The van der Waals surface area contributed by atoms with Crippen LogP contribution in [0.3, 0.4) is 0 Å². The summed E-state index contributed by atoms with van der Waals surface area (Å²) >= 11 is 0. The molecule has 1 heterocycles. The summed E-state index contributed by atoms with van der Waals surface area (Å²) in [6, 6.07) is 6.22. The zero-order chi connectivity index (χ0) is 15.2. The van der Waals surface area contributed by atoms with Crippen molar-refractivity contribution in [3.63, 3.8) is 0 Å². The first-order chi connectivity index (χ1) is 9.88. The number of benzene rings is 1. The topological polar surface area (TPSA) is 38.7 Å². The van der Waals surface area contributed by atoms with E-state index in [1.807, 2.05) is 26.8 Å². The van der Waals surface area contributed by atoms with Crippen LogP contribution in [0.5, 0.6) is 0 Å². The maximum absolute atomic E-state index is 13.4. The van der Waals surface area contributed by atoms with Gasteiger partial charge in [-0.15, -0.1) is 0 Å². The molecule has 0 spiro atoms. The smallest absolute Gasteiger partial charge is 0.185 e. The molecule has 114 valence electrons. The fourth-order valence-corrected chi connectivity index (χ4v) is 3.23. The molecule has 21 heavy (non-hydrogen) atoms. The second kappa shape index (κ2) is 5.20. The monoisotopic (exact) mass is 292 g/mol. The van der Waals surface area contributed by atoms with Crippen molar-refractivity contribution in [1.29, 1.82) is 0 Å². The molecule has 4 atom stereocenters. The average molecular weight is 292 g/mol. The molecule has 1 aromatic carbocycles. The number of aliphatic hydroxyl groups is 1. The molecular formula is C17H21FO3. The SMILES string of the molecule is CC1=CC[C@@H]2[C@@H](O[C@H](c3cccc(F)c3)OC2(C)C)[C@@H]1O. The van der Waals surface area contributed by atoms with Crippen LogP contribution in [0.15, 0.2) is 35.9 Å². The highest BCUT2D eigenvalue weighted by molar-refractivity contribution is 5.21. The molecule has 0 amide bonds. The van der Waals surface area contributed by atoms with Crippen LogP contribution in [-0.4, -0.2) is 22.9 Å². The summed E-state index contributed by atoms with van der Waals surface area (Å²) in [6.07, 6.45) is 1.24. The van der Waals surface area contributed by atoms with E-state index in [0.717, 1.165) is 12.0 Å². The molecule has 3 nitrogen and oxygen atoms in total. The zero-order valence-electron chi connectivity index (χ0n) is 12.5. The first kappa shape index (κ1) is 14.7. The van der Waals surface area contributed by atoms with Gasteiger partial charge in [0.1, 0.15) is 11.9 Å². The van der Waals surface area contributed by atoms with Crippen molar-refractivity contribution in [2.75, 3.05) is 0 Å². The Labute approximate surface area is 124 Å². The van der Waals surface area contributed by atoms with E-state index in [1.165, 1.54) is 12.1 Å². The van der Waals surface area contributed by atoms with Gasteiger partial charge in [-0.2, -0.15) is 0 Å². The highest BCUT2D eigenvalue weighted by Crippen LogP contribution is 2.45. The van der Waals surface area contributed by atoms with Gasteiger partial charge in [-0.1, -0.05) is 18.2 Å². The predicted molar refractivity (Wildman–Crippen MR) is 77.0 cm³/mol. The fraction of sp³-hybridized carbons (Fsp3) is 0.529. The number of aliphatic hydroxyl groups excluding tert-OH is 1. The van der Waals surface area contributed by atoms with Crippen molar-refractivity contribution in [1.82, 2.24) is 0 Å². The van der Waals surface area contributed by atoms with Gasteiger partial charge in [0.05, 0.1) is 11.7 Å². The van der Waals surface area contributed by atoms with Crippen LogP contribution in [0.4, 0.5) is 4.39 Å². The summed E-state index contributed by atoms with van der Waals surface area (Å²) in [7, 11) is 0. The number of rotatable bonds is 1. The highest BCUT2D eigenvalue weighted by Gasteiger charge is 2.49. The van der Waals surface area contributed by atoms with Crippen molar-refractivity contribution < 1.29 is 19.0 Å². The van der Waals surface area contributed by atoms with E-state index in [0.29, 0.717) is 5.56 Å². The molecule has 1 aliphatic heterocycles. The Morgan fingerprint density at radius 2 is 2.10 bits per heavy atom. The van der Waals surface area contributed by atoms with Crippen LogP contribution in [0.1, 0.15) is 39.0 Å². The van der Waals surface area contributed by atoms with E-state index < -0.39 is 18.0 Å². The molecule has 1 aliphatic carbocycles. The molecule has 0 unspecified atom stereocenters. The minimum Gasteiger partial charge on any atom is -0.386 e. The molecule has 0 bridgehead atoms. The Hall–Kier alpha value is -1.23. The van der Waals surface area contributed by atoms with Crippen molar-refractivity contribution in [2.24, 2.45) is 5.92 Å². The summed E-state index contributed by atoms with van der Waals surface area (Å²) in [4.78, 5) is 0. The lowest BCUT2D eigenvalue weighted by Crippen LogP contribution is -2.55. The fourth-order valence-electron chi connectivity index (χ4n) is 3.23. The quantitative estimate of drug-likeness (QED) is 0.807. The summed E-state index contributed by atoms with van der Waals surface area (Å²) in [5.41, 5.74) is 1.12. The van der Waals surface area contributed by atoms with E-state index in [4.69, 9.17) is 9.47 Å². The van der Waals surface area contributed by atoms with E-state index in [1.54, 1.807) is 12.1 Å². The average Bonchev–Trinajstić information content (AvgIpc) is 2.42. The van der Waals surface area contributed by atoms with Crippen molar-refractivity contribution in [3.05, 3.63) is 47.3 Å². The molecule has 2 aliphatic rings. The third kappa shape index (κ3) is 2.63. The molecule has 0 radical (unpaired) electrons. The van der Waals surface area contributed by atoms with Crippen molar-refractivity contribution in [2.45, 2.75) is 51.3 Å². The third-order valence-electron chi connectivity index (χ3n) is 4.57. The minimum atomic E-state index is -0.655. The molecule has 1 saturated heterocycles. The standard InChI is InChI=1S/C17H21FO3/c1-10-7-8-13-15(14(10)19)20-16(21-17(13,2)3)11-5-4-6-12(18)9-11/h4-7,9,13-16,19H,8H2,1-3H3/t13-,14-,15-,16+/m1/s1. The normalized spacial score (nSPS) is 35.0. The second-order valence-electron chi connectivity index (χ2n) is 6.44. The molecule has 1 N–H and O–H groups in total. The lowest BCUT2D eigenvalue weighted by atomic mass is 9.75. The Morgan fingerprint density at radius 3 is 2.81 bits per heavy atom. The van der Waals surface area contributed by atoms with Gasteiger partial charge in [0.15, 0.2) is 6.29 Å². The Kier molecular flexibility index (Phi) is 3.64. The van der Waals surface area contributed by atoms with Crippen LogP contribution >= 0.6 is 0 Å². The van der Waals surface area contributed by atoms with Gasteiger partial charge in [-0.05, 0) is 44.9 Å². The Balaban J connectivity index is 1.92. The molecule has 1 aromatic rings. The van der Waals surface area contributed by atoms with E-state index in [9.17, 15) is 9.50 Å². The largest absolute Gasteiger partial charge is 0.386 e. The van der Waals surface area contributed by atoms with Crippen LogP contribution in [0, 0.1) is 11.7 Å². The Morgan fingerprint density at radius 1 is 1.33 bits per heavy atom. The summed E-state index contributed by atoms with van der Waals surface area (Å²) < 4.78 is 25.4. The van der Waals surface area contributed by atoms with Crippen molar-refractivity contribution >= 4 is 0 Å². The molecule has 4 heteroatoms. The van der Waals surface area contributed by atoms with E-state index in [-0.39, 0.29) is 17.8 Å². The number of hydrogen-bond acceptors (Lipinski definition) is 3. The number of fused-ring (bicyclic) bond motifs is 1. The molecule has 0 aromatic heterocycles. The lowest BCUT2D eigenvalue weighted by Gasteiger charge is -2.50. The van der Waals surface area contributed by atoms with Gasteiger partial charge in [0.2, 0.25) is 0 Å². The maximum Gasteiger partial charge on any atom is 0.185 e. The number of allylic oxidation sites excluding steroid dienone is 1. The van der Waals surface area contributed by atoms with Crippen LogP contribution < -0.4 is 0 Å². The van der Waals surface area contributed by atoms with Crippen LogP contribution in [0.2, 0.25) is 0 Å². The predicted octanol–water partition coefficient (Wildman–Crippen LogP) is 3.35. The molecule has 3 rings (SSSR count). The van der Waals surface area contributed by atoms with Crippen LogP contribution in [0.25, 0.3) is 0 Å². The lowest BCUT2D eigenvalue weighted by molar-refractivity contribution is -0.318. The zero-order valence-corrected chi connectivity index (χ0v) is 12.5. The van der Waals surface area contributed by atoms with Gasteiger partial charge in [0.25, 0.3) is 0 Å². The summed E-state index contributed by atoms with van der Waals surface area (Å²) in [5.74, 6) is -0.235. The maximum atomic E-state index is 13.4. The number of halogens is 1. The van der Waals surface area contributed by atoms with Gasteiger partial charge < -0.3 is 14.6 Å². The van der Waals surface area contributed by atoms with Gasteiger partial charge in [-0.25, -0.2) is 4.39 Å². The second-order valence-corrected chi connectivity index (χ2v) is 6.44. The Bertz CT molecular complexity index is 567. The van der Waals surface area contributed by atoms with E-state index in [2.05, 4.69) is 0 Å². The van der Waals surface area contributed by atoms with E-state index >= 15 is 0 Å². The summed E-state index contributed by atoms with van der Waals surface area (Å²) in [5, 5.41) is 10.4. The van der Waals surface area contributed by atoms with Gasteiger partial charge in [0, 0.05) is 11.5 Å². The first-order valence-corrected chi connectivity index (χ1v) is 7.32. The van der Waals surface area contributed by atoms with Gasteiger partial charge in [-0.3, -0.25) is 0 Å². The molecule has 0 saturated carbocycles. The molecular weight excluding hydrogens is 271 g/mol.